The summed E-state index contributed by atoms with van der Waals surface area (Å²) >= 11 is 2.73. The average molecular weight is 569 g/mol. The van der Waals surface area contributed by atoms with Gasteiger partial charge in [-0.2, -0.15) is 0 Å². The van der Waals surface area contributed by atoms with E-state index in [1.54, 1.807) is 60.7 Å². The maximum absolute atomic E-state index is 16.7. The third-order valence-corrected chi connectivity index (χ3v) is 7.53. The number of halogens is 1. The Morgan fingerprint density at radius 2 is 1.67 bits per heavy atom. The fourth-order valence-electron chi connectivity index (χ4n) is 4.40. The van der Waals surface area contributed by atoms with Crippen molar-refractivity contribution in [2.24, 2.45) is 0 Å². The molecule has 0 saturated carbocycles. The summed E-state index contributed by atoms with van der Waals surface area (Å²) in [5, 5.41) is 5.60. The summed E-state index contributed by atoms with van der Waals surface area (Å²) in [5.41, 5.74) is -0.866. The number of rotatable bonds is 8. The highest BCUT2D eigenvalue weighted by Gasteiger charge is 2.59. The highest BCUT2D eigenvalue weighted by atomic mass is 32.2. The zero-order valence-corrected chi connectivity index (χ0v) is 22.9. The average Bonchev–Trinajstić information content (AvgIpc) is 3.49. The zero-order valence-electron chi connectivity index (χ0n) is 21.3. The number of thioether (sulfide) groups is 2. The number of hydrogen-bond donors (Lipinski definition) is 0. The van der Waals surface area contributed by atoms with Gasteiger partial charge in [-0.1, -0.05) is 48.2 Å². The van der Waals surface area contributed by atoms with Crippen LogP contribution in [-0.2, 0) is 14.2 Å². The molecule has 0 amide bonds. The molecule has 0 bridgehead atoms. The summed E-state index contributed by atoms with van der Waals surface area (Å²) in [6.45, 7) is 0.958. The van der Waals surface area contributed by atoms with Crippen molar-refractivity contribution < 1.29 is 28.2 Å². The third-order valence-electron chi connectivity index (χ3n) is 6.33. The molecule has 0 N–H and O–H groups in total. The van der Waals surface area contributed by atoms with Gasteiger partial charge in [0.2, 0.25) is 5.16 Å². The molecule has 39 heavy (non-hydrogen) atoms. The Hall–Kier alpha value is -3.48. The van der Waals surface area contributed by atoms with E-state index in [9.17, 15) is 9.59 Å². The number of carbonyl (C=O) groups is 2. The van der Waals surface area contributed by atoms with Gasteiger partial charge in [0.25, 0.3) is 0 Å². The van der Waals surface area contributed by atoms with Crippen LogP contribution in [0.1, 0.15) is 39.4 Å². The number of imidazole rings is 1. The molecular weight excluding hydrogens is 543 g/mol. The predicted octanol–water partition coefficient (Wildman–Crippen LogP) is 4.82. The van der Waals surface area contributed by atoms with Crippen molar-refractivity contribution >= 4 is 41.1 Å². The minimum absolute atomic E-state index is 0.258. The Balaban J connectivity index is 1.48. The van der Waals surface area contributed by atoms with Crippen molar-refractivity contribution in [1.29, 1.82) is 0 Å². The number of ether oxygens (including phenoxy) is 3. The van der Waals surface area contributed by atoms with Crippen LogP contribution in [-0.4, -0.2) is 68.5 Å². The maximum Gasteiger partial charge on any atom is 0.338 e. The molecule has 3 heterocycles. The second kappa shape index (κ2) is 11.3. The van der Waals surface area contributed by atoms with E-state index in [1.807, 2.05) is 12.5 Å². The van der Waals surface area contributed by atoms with E-state index in [2.05, 4.69) is 15.1 Å². The van der Waals surface area contributed by atoms with E-state index in [4.69, 9.17) is 14.2 Å². The highest BCUT2D eigenvalue weighted by Crippen LogP contribution is 2.46. The first kappa shape index (κ1) is 27.1. The van der Waals surface area contributed by atoms with Gasteiger partial charge < -0.3 is 14.2 Å². The quantitative estimate of drug-likeness (QED) is 0.217. The molecule has 0 radical (unpaired) electrons. The molecule has 4 atom stereocenters. The molecule has 9 nitrogen and oxygen atoms in total. The standard InChI is InChI=1S/C27H25FN4O5S2/c1-27(28)20(18-14-29-22-23(38-2)30-26(39-3)31-32(18)22)36-19(15-35-24(33)16-10-6-4-7-11-16)21(27)37-25(34)17-12-8-5-9-13-17/h4-14,19-21H,15H2,1-3H3/t19-,20+,21-,27+/m1/s1. The Bertz CT molecular complexity index is 1490. The number of benzene rings is 2. The van der Waals surface area contributed by atoms with E-state index < -0.39 is 35.9 Å². The van der Waals surface area contributed by atoms with Crippen molar-refractivity contribution in [2.75, 3.05) is 19.1 Å². The molecule has 1 fully saturated rings. The van der Waals surface area contributed by atoms with E-state index in [-0.39, 0.29) is 12.2 Å². The Kier molecular flexibility index (Phi) is 7.87. The first-order valence-electron chi connectivity index (χ1n) is 12.0. The number of hydrogen-bond acceptors (Lipinski definition) is 10. The molecule has 1 aliphatic rings. The third kappa shape index (κ3) is 5.36. The van der Waals surface area contributed by atoms with Crippen molar-refractivity contribution in [1.82, 2.24) is 19.6 Å². The lowest BCUT2D eigenvalue weighted by Crippen LogP contribution is -2.43. The van der Waals surface area contributed by atoms with Crippen molar-refractivity contribution in [3.05, 3.63) is 83.7 Å². The normalized spacial score (nSPS) is 22.6. The molecule has 5 rings (SSSR count). The molecule has 12 heteroatoms. The van der Waals surface area contributed by atoms with Crippen LogP contribution in [0.5, 0.6) is 0 Å². The highest BCUT2D eigenvalue weighted by molar-refractivity contribution is 7.99. The largest absolute Gasteiger partial charge is 0.459 e. The number of carbonyl (C=O) groups excluding carboxylic acids is 2. The van der Waals surface area contributed by atoms with Crippen LogP contribution in [0.3, 0.4) is 0 Å². The molecule has 0 unspecified atom stereocenters. The summed E-state index contributed by atoms with van der Waals surface area (Å²) in [6.07, 6.45) is 1.45. The predicted molar refractivity (Wildman–Crippen MR) is 144 cm³/mol. The number of fused-ring (bicyclic) bond motifs is 1. The maximum atomic E-state index is 16.7. The Morgan fingerprint density at radius 1 is 1.03 bits per heavy atom. The Morgan fingerprint density at radius 3 is 2.28 bits per heavy atom. The summed E-state index contributed by atoms with van der Waals surface area (Å²) < 4.78 is 35.5. The van der Waals surface area contributed by atoms with Crippen molar-refractivity contribution in [3.63, 3.8) is 0 Å². The van der Waals surface area contributed by atoms with Gasteiger partial charge >= 0.3 is 11.9 Å². The number of aromatic nitrogens is 4. The van der Waals surface area contributed by atoms with E-state index in [1.165, 1.54) is 41.2 Å². The molecule has 2 aromatic carbocycles. The number of nitrogens with zero attached hydrogens (tertiary/aromatic N) is 4. The zero-order chi connectivity index (χ0) is 27.6. The summed E-state index contributed by atoms with van der Waals surface area (Å²) in [6, 6.07) is 16.7. The lowest BCUT2D eigenvalue weighted by molar-refractivity contribution is -0.0449. The minimum atomic E-state index is -2.23. The number of alkyl halides is 1. The summed E-state index contributed by atoms with van der Waals surface area (Å²) in [7, 11) is 0. The summed E-state index contributed by atoms with van der Waals surface area (Å²) in [5.74, 6) is -1.32. The molecule has 202 valence electrons. The van der Waals surface area contributed by atoms with E-state index in [0.717, 1.165) is 0 Å². The topological polar surface area (TPSA) is 105 Å². The fourth-order valence-corrected chi connectivity index (χ4v) is 5.30. The van der Waals surface area contributed by atoms with Gasteiger partial charge in [0, 0.05) is 0 Å². The smallest absolute Gasteiger partial charge is 0.338 e. The van der Waals surface area contributed by atoms with Crippen LogP contribution in [0.4, 0.5) is 4.39 Å². The fraction of sp³-hybridized carbons (Fsp3) is 0.296. The monoisotopic (exact) mass is 568 g/mol. The Labute approximate surface area is 232 Å². The van der Waals surface area contributed by atoms with Gasteiger partial charge in [-0.25, -0.2) is 28.5 Å². The van der Waals surface area contributed by atoms with Gasteiger partial charge in [-0.05, 0) is 43.7 Å². The molecule has 0 spiro atoms. The van der Waals surface area contributed by atoms with Gasteiger partial charge in [-0.3, -0.25) is 0 Å². The molecule has 1 saturated heterocycles. The van der Waals surface area contributed by atoms with Crippen molar-refractivity contribution in [2.45, 2.75) is 41.1 Å². The van der Waals surface area contributed by atoms with Crippen molar-refractivity contribution in [3.8, 4) is 0 Å². The van der Waals surface area contributed by atoms with Gasteiger partial charge in [0.15, 0.2) is 17.4 Å². The first-order valence-corrected chi connectivity index (χ1v) is 14.4. The van der Waals surface area contributed by atoms with Gasteiger partial charge in [0.1, 0.15) is 23.8 Å². The minimum Gasteiger partial charge on any atom is -0.459 e. The second-order valence-electron chi connectivity index (χ2n) is 8.89. The van der Waals surface area contributed by atoms with Gasteiger partial charge in [0.05, 0.1) is 23.0 Å². The SMILES string of the molecule is CSc1nc(SC)c2ncc([C@@H]3O[C@H](COC(=O)c4ccccc4)[C@@H](OC(=O)c4ccccc4)[C@@]3(C)F)n2n1. The summed E-state index contributed by atoms with van der Waals surface area (Å²) in [4.78, 5) is 34.5. The van der Waals surface area contributed by atoms with Crippen LogP contribution < -0.4 is 0 Å². The number of esters is 2. The molecule has 1 aliphatic heterocycles. The van der Waals surface area contributed by atoms with E-state index in [0.29, 0.717) is 27.1 Å². The van der Waals surface area contributed by atoms with Crippen LogP contribution in [0, 0.1) is 0 Å². The van der Waals surface area contributed by atoms with Crippen LogP contribution in [0.15, 0.2) is 77.0 Å². The first-order chi connectivity index (χ1) is 18.8. The molecule has 2 aromatic heterocycles. The second-order valence-corrected chi connectivity index (χ2v) is 10.5. The molecular formula is C27H25FN4O5S2. The molecule has 4 aromatic rings. The van der Waals surface area contributed by atoms with E-state index >= 15 is 4.39 Å². The lowest BCUT2D eigenvalue weighted by Gasteiger charge is -2.27. The van der Waals surface area contributed by atoms with Crippen LogP contribution in [0.2, 0.25) is 0 Å². The molecule has 0 aliphatic carbocycles. The van der Waals surface area contributed by atoms with Gasteiger partial charge in [-0.15, -0.1) is 16.9 Å². The van der Waals surface area contributed by atoms with Crippen LogP contribution >= 0.6 is 23.5 Å². The van der Waals surface area contributed by atoms with Crippen LogP contribution in [0.25, 0.3) is 5.65 Å². The lowest BCUT2D eigenvalue weighted by atomic mass is 9.93.